The topological polar surface area (TPSA) is 32.9 Å². The number of fused-ring (bicyclic) bond motifs is 4. The molecule has 0 aliphatic carbocycles. The fraction of sp³-hybridized carbons (Fsp3) is 0.0435. The molecule has 0 radical (unpaired) electrons. The minimum absolute atomic E-state index is 0.167. The molecular formula is C46H32N4S2. The van der Waals surface area contributed by atoms with Gasteiger partial charge in [0.25, 0.3) is 0 Å². The fourth-order valence-corrected chi connectivity index (χ4v) is 9.87. The van der Waals surface area contributed by atoms with Gasteiger partial charge in [-0.1, -0.05) is 127 Å². The van der Waals surface area contributed by atoms with Gasteiger partial charge in [0.05, 0.1) is 19.9 Å². The zero-order valence-electron chi connectivity index (χ0n) is 28.3. The van der Waals surface area contributed by atoms with Gasteiger partial charge in [0.2, 0.25) is 0 Å². The Bertz CT molecular complexity index is 2760. The molecule has 4 nitrogen and oxygen atoms in total. The Morgan fingerprint density at radius 2 is 1.21 bits per heavy atom. The van der Waals surface area contributed by atoms with Gasteiger partial charge in [-0.2, -0.15) is 0 Å². The maximum Gasteiger partial charge on any atom is 0.169 e. The quantitative estimate of drug-likeness (QED) is 0.170. The summed E-state index contributed by atoms with van der Waals surface area (Å²) in [5.41, 5.74) is 9.48. The zero-order chi connectivity index (χ0) is 34.6. The molecule has 1 aliphatic heterocycles. The average Bonchev–Trinajstić information content (AvgIpc) is 3.90. The Balaban J connectivity index is 1.11. The summed E-state index contributed by atoms with van der Waals surface area (Å²) in [6, 6.07) is 60.6. The van der Waals surface area contributed by atoms with Crippen LogP contribution in [-0.4, -0.2) is 28.2 Å². The molecule has 1 atom stereocenters. The van der Waals surface area contributed by atoms with Gasteiger partial charge in [0.15, 0.2) is 12.0 Å². The van der Waals surface area contributed by atoms with Crippen molar-refractivity contribution in [2.75, 3.05) is 7.05 Å². The zero-order valence-corrected chi connectivity index (χ0v) is 30.0. The van der Waals surface area contributed by atoms with E-state index in [0.717, 1.165) is 33.4 Å². The lowest BCUT2D eigenvalue weighted by atomic mass is 10.0. The maximum atomic E-state index is 5.24. The van der Waals surface area contributed by atoms with Crippen molar-refractivity contribution in [1.29, 1.82) is 0 Å². The summed E-state index contributed by atoms with van der Waals surface area (Å²) < 4.78 is 3.67. The number of rotatable bonds is 6. The van der Waals surface area contributed by atoms with Crippen LogP contribution < -0.4 is 0 Å². The summed E-state index contributed by atoms with van der Waals surface area (Å²) >= 11 is 3.64. The van der Waals surface area contributed by atoms with Gasteiger partial charge < -0.3 is 9.47 Å². The van der Waals surface area contributed by atoms with Crippen LogP contribution in [0.1, 0.15) is 22.2 Å². The van der Waals surface area contributed by atoms with Gasteiger partial charge in [-0.3, -0.25) is 0 Å². The summed E-state index contributed by atoms with van der Waals surface area (Å²) in [5.74, 6) is 1.70. The third-order valence-electron chi connectivity index (χ3n) is 9.90. The van der Waals surface area contributed by atoms with Crippen molar-refractivity contribution in [3.05, 3.63) is 186 Å². The van der Waals surface area contributed by atoms with Gasteiger partial charge in [0.1, 0.15) is 5.84 Å². The highest BCUT2D eigenvalue weighted by Crippen LogP contribution is 2.45. The van der Waals surface area contributed by atoms with E-state index in [9.17, 15) is 0 Å². The normalized spacial score (nSPS) is 14.6. The molecule has 0 fully saturated rings. The molecule has 4 heterocycles. The lowest BCUT2D eigenvalue weighted by Crippen LogP contribution is -2.35. The smallest absolute Gasteiger partial charge is 0.169 e. The molecule has 10 rings (SSSR count). The first-order valence-corrected chi connectivity index (χ1v) is 19.0. The second kappa shape index (κ2) is 12.6. The molecule has 6 aromatic carbocycles. The first-order chi connectivity index (χ1) is 25.7. The lowest BCUT2D eigenvalue weighted by molar-refractivity contribution is 0.383. The second-order valence-electron chi connectivity index (χ2n) is 13.1. The second-order valence-corrected chi connectivity index (χ2v) is 15.4. The van der Waals surface area contributed by atoms with Crippen molar-refractivity contribution in [2.45, 2.75) is 6.17 Å². The number of aliphatic imine (C=N–C) groups is 2. The predicted molar refractivity (Wildman–Crippen MR) is 221 cm³/mol. The summed E-state index contributed by atoms with van der Waals surface area (Å²) in [5, 5.41) is 3.75. The minimum Gasteiger partial charge on any atom is -0.333 e. The van der Waals surface area contributed by atoms with Crippen LogP contribution >= 0.6 is 22.7 Å². The Morgan fingerprint density at radius 1 is 0.558 bits per heavy atom. The van der Waals surface area contributed by atoms with Crippen molar-refractivity contribution in [3.63, 3.8) is 0 Å². The Kier molecular flexibility index (Phi) is 7.44. The Morgan fingerprint density at radius 3 is 1.94 bits per heavy atom. The standard InChI is InChI=1S/C46H32N4S2/c1-49-44(31-17-8-3-9-18-31)47-43(48-45(49)32-19-10-4-11-20-32)41-29-34-28-40(51-46(34)52-41)36-23-14-24-39-42(36)37-27-33(30-15-6-2-7-16-30)25-26-38(37)50(39)35-21-12-5-13-22-35/h2-29,44H,1H3. The summed E-state index contributed by atoms with van der Waals surface area (Å²) in [6.07, 6.45) is -0.167. The first kappa shape index (κ1) is 30.7. The molecule has 0 spiro atoms. The van der Waals surface area contributed by atoms with E-state index in [1.807, 2.05) is 17.4 Å². The first-order valence-electron chi connectivity index (χ1n) is 17.4. The number of nitrogens with zero attached hydrogens (tertiary/aromatic N) is 4. The molecule has 9 aromatic rings. The molecule has 52 heavy (non-hydrogen) atoms. The van der Waals surface area contributed by atoms with E-state index in [2.05, 4.69) is 180 Å². The molecule has 0 amide bonds. The SMILES string of the molecule is CN1C(c2ccccc2)=NC(c2cc3cc(-c4cccc5c4c4cc(-c6ccccc6)ccc4n5-c4ccccc4)sc3s2)=NC1c1ccccc1. The molecule has 0 saturated carbocycles. The van der Waals surface area contributed by atoms with Crippen LogP contribution in [0.15, 0.2) is 180 Å². The number of hydrogen-bond donors (Lipinski definition) is 0. The molecule has 1 aliphatic rings. The Hall–Kier alpha value is -6.08. The van der Waals surface area contributed by atoms with E-state index >= 15 is 0 Å². The van der Waals surface area contributed by atoms with E-state index in [0.29, 0.717) is 0 Å². The van der Waals surface area contributed by atoms with E-state index in [1.54, 1.807) is 11.3 Å². The summed E-state index contributed by atoms with van der Waals surface area (Å²) in [6.45, 7) is 0. The highest BCUT2D eigenvalue weighted by Gasteiger charge is 2.27. The number of para-hydroxylation sites is 1. The van der Waals surface area contributed by atoms with Gasteiger partial charge >= 0.3 is 0 Å². The van der Waals surface area contributed by atoms with Crippen LogP contribution in [0.5, 0.6) is 0 Å². The monoisotopic (exact) mass is 704 g/mol. The Labute approximate surface area is 309 Å². The minimum atomic E-state index is -0.167. The largest absolute Gasteiger partial charge is 0.333 e. The molecule has 6 heteroatoms. The number of benzene rings is 6. The van der Waals surface area contributed by atoms with Gasteiger partial charge in [-0.25, -0.2) is 9.98 Å². The van der Waals surface area contributed by atoms with E-state index < -0.39 is 0 Å². The fourth-order valence-electron chi connectivity index (χ4n) is 7.45. The third-order valence-corrected chi connectivity index (χ3v) is 12.3. The van der Waals surface area contributed by atoms with Crippen LogP contribution in [0, 0.1) is 0 Å². The third kappa shape index (κ3) is 5.18. The van der Waals surface area contributed by atoms with Crippen molar-refractivity contribution in [1.82, 2.24) is 9.47 Å². The van der Waals surface area contributed by atoms with Crippen molar-refractivity contribution >= 4 is 65.6 Å². The van der Waals surface area contributed by atoms with Crippen molar-refractivity contribution in [2.24, 2.45) is 9.98 Å². The van der Waals surface area contributed by atoms with Crippen LogP contribution in [0.4, 0.5) is 0 Å². The lowest BCUT2D eigenvalue weighted by Gasteiger charge is -2.32. The van der Waals surface area contributed by atoms with Gasteiger partial charge in [0, 0.05) is 44.9 Å². The molecule has 0 bridgehead atoms. The van der Waals surface area contributed by atoms with E-state index in [-0.39, 0.29) is 6.17 Å². The molecule has 0 saturated heterocycles. The molecule has 248 valence electrons. The highest BCUT2D eigenvalue weighted by molar-refractivity contribution is 7.40. The van der Waals surface area contributed by atoms with Crippen LogP contribution in [0.2, 0.25) is 0 Å². The maximum absolute atomic E-state index is 5.24. The predicted octanol–water partition coefficient (Wildman–Crippen LogP) is 12.2. The highest BCUT2D eigenvalue weighted by atomic mass is 32.2. The van der Waals surface area contributed by atoms with Gasteiger partial charge in [-0.05, 0) is 59.2 Å². The molecular weight excluding hydrogens is 673 g/mol. The number of amidine groups is 2. The summed E-state index contributed by atoms with van der Waals surface area (Å²) in [4.78, 5) is 14.9. The molecule has 3 aromatic heterocycles. The van der Waals surface area contributed by atoms with Crippen LogP contribution in [-0.2, 0) is 0 Å². The van der Waals surface area contributed by atoms with Gasteiger partial charge in [-0.15, -0.1) is 22.7 Å². The van der Waals surface area contributed by atoms with Crippen LogP contribution in [0.25, 0.3) is 58.5 Å². The molecule has 1 unspecified atom stereocenters. The van der Waals surface area contributed by atoms with E-state index in [1.165, 1.54) is 52.8 Å². The van der Waals surface area contributed by atoms with E-state index in [4.69, 9.17) is 9.98 Å². The number of hydrogen-bond acceptors (Lipinski definition) is 5. The summed E-state index contributed by atoms with van der Waals surface area (Å²) in [7, 11) is 2.08. The van der Waals surface area contributed by atoms with Crippen molar-refractivity contribution in [3.8, 4) is 27.3 Å². The molecule has 0 N–H and O–H groups in total. The van der Waals surface area contributed by atoms with Crippen LogP contribution in [0.3, 0.4) is 0 Å². The number of thiophene rings is 2. The number of aromatic nitrogens is 1. The van der Waals surface area contributed by atoms with Crippen molar-refractivity contribution < 1.29 is 0 Å². The average molecular weight is 705 g/mol.